The number of hydrazine groups is 1. The van der Waals surface area contributed by atoms with E-state index in [0.29, 0.717) is 33.7 Å². The Balaban J connectivity index is 1.19. The van der Waals surface area contributed by atoms with Gasteiger partial charge in [-0.1, -0.05) is 59.9 Å². The van der Waals surface area contributed by atoms with Crippen LogP contribution in [0.4, 0.5) is 15.8 Å². The number of hydrogen-bond donors (Lipinski definition) is 1. The Morgan fingerprint density at radius 3 is 2.07 bits per heavy atom. The first-order chi connectivity index (χ1) is 20.0. The van der Waals surface area contributed by atoms with Crippen LogP contribution in [0.2, 0.25) is 0 Å². The maximum Gasteiger partial charge on any atom is 0.338 e. The van der Waals surface area contributed by atoms with Gasteiger partial charge in [0.15, 0.2) is 5.00 Å². The van der Waals surface area contributed by atoms with Crippen LogP contribution in [0.25, 0.3) is 0 Å². The number of aryl methyl sites for hydroxylation is 1. The fourth-order valence-corrected chi connectivity index (χ4v) is 7.22. The van der Waals surface area contributed by atoms with Crippen molar-refractivity contribution in [1.29, 1.82) is 0 Å². The van der Waals surface area contributed by atoms with Crippen LogP contribution in [-0.4, -0.2) is 29.4 Å². The summed E-state index contributed by atoms with van der Waals surface area (Å²) in [7, 11) is 0. The van der Waals surface area contributed by atoms with Gasteiger partial charge in [-0.05, 0) is 60.4 Å². The van der Waals surface area contributed by atoms with Crippen molar-refractivity contribution < 1.29 is 19.1 Å². The quantitative estimate of drug-likeness (QED) is 0.238. The highest BCUT2D eigenvalue weighted by Gasteiger charge is 2.58. The highest BCUT2D eigenvalue weighted by Crippen LogP contribution is 2.59. The average Bonchev–Trinajstić information content (AvgIpc) is 3.37. The Morgan fingerprint density at radius 1 is 0.902 bits per heavy atom. The summed E-state index contributed by atoms with van der Waals surface area (Å²) >= 11 is 1.18. The van der Waals surface area contributed by atoms with Gasteiger partial charge in [0.05, 0.1) is 35.4 Å². The van der Waals surface area contributed by atoms with Crippen LogP contribution in [0.3, 0.4) is 0 Å². The topological polar surface area (TPSA) is 113 Å². The molecule has 3 aromatic carbocycles. The van der Waals surface area contributed by atoms with E-state index >= 15 is 0 Å². The molecule has 2 amide bonds. The Hall–Kier alpha value is -4.70. The molecule has 1 fully saturated rings. The summed E-state index contributed by atoms with van der Waals surface area (Å²) in [4.78, 5) is 44.3. The molecule has 1 saturated heterocycles. The predicted octanol–water partition coefficient (Wildman–Crippen LogP) is 5.94. The van der Waals surface area contributed by atoms with E-state index < -0.39 is 17.8 Å². The van der Waals surface area contributed by atoms with Crippen molar-refractivity contribution >= 4 is 44.9 Å². The van der Waals surface area contributed by atoms with E-state index in [9.17, 15) is 14.4 Å². The third kappa shape index (κ3) is 3.97. The first-order valence-corrected chi connectivity index (χ1v) is 14.3. The van der Waals surface area contributed by atoms with Gasteiger partial charge >= 0.3 is 5.97 Å². The molecule has 8 rings (SSSR count). The van der Waals surface area contributed by atoms with Crippen LogP contribution in [0.1, 0.15) is 57.1 Å². The minimum absolute atomic E-state index is 0.180. The SMILES string of the molecule is CCOC(=O)c1ccc(N=Nc2sc(N3NC(=O)C4C5c6ccccc6C(c6ccccc65)C4C3=O)nc2C)cc1. The lowest BCUT2D eigenvalue weighted by Gasteiger charge is -2.52. The zero-order chi connectivity index (χ0) is 28.2. The summed E-state index contributed by atoms with van der Waals surface area (Å²) in [5.41, 5.74) is 8.88. The van der Waals surface area contributed by atoms with Crippen LogP contribution >= 0.6 is 11.3 Å². The van der Waals surface area contributed by atoms with Gasteiger partial charge in [-0.3, -0.25) is 15.0 Å². The van der Waals surface area contributed by atoms with Gasteiger partial charge in [-0.2, -0.15) is 5.01 Å². The third-order valence-corrected chi connectivity index (χ3v) is 9.08. The molecule has 2 unspecified atom stereocenters. The fourth-order valence-electron chi connectivity index (χ4n) is 6.36. The number of thiazole rings is 1. The highest BCUT2D eigenvalue weighted by atomic mass is 32.1. The molecular formula is C31H25N5O4S. The maximum absolute atomic E-state index is 14.1. The zero-order valence-electron chi connectivity index (χ0n) is 22.3. The summed E-state index contributed by atoms with van der Waals surface area (Å²) in [6.45, 7) is 3.84. The average molecular weight is 564 g/mol. The Kier molecular flexibility index (Phi) is 6.01. The lowest BCUT2D eigenvalue weighted by atomic mass is 9.53. The van der Waals surface area contributed by atoms with Crippen molar-refractivity contribution in [3.63, 3.8) is 0 Å². The molecule has 2 bridgehead atoms. The van der Waals surface area contributed by atoms with Crippen molar-refractivity contribution in [2.45, 2.75) is 25.7 Å². The van der Waals surface area contributed by atoms with Gasteiger partial charge in [0.2, 0.25) is 11.0 Å². The van der Waals surface area contributed by atoms with Crippen molar-refractivity contribution in [1.82, 2.24) is 10.4 Å². The number of carbonyl (C=O) groups is 3. The molecule has 9 nitrogen and oxygen atoms in total. The molecule has 0 spiro atoms. The lowest BCUT2D eigenvalue weighted by Crippen LogP contribution is -2.64. The molecule has 1 aromatic heterocycles. The second kappa shape index (κ2) is 9.74. The van der Waals surface area contributed by atoms with Gasteiger partial charge in [0.25, 0.3) is 5.91 Å². The van der Waals surface area contributed by atoms with E-state index in [2.05, 4.69) is 44.9 Å². The van der Waals surface area contributed by atoms with E-state index in [0.717, 1.165) is 22.3 Å². The number of benzene rings is 3. The van der Waals surface area contributed by atoms with Crippen LogP contribution in [0.5, 0.6) is 0 Å². The molecule has 204 valence electrons. The second-order valence-corrected chi connectivity index (χ2v) is 11.2. The monoisotopic (exact) mass is 563 g/mol. The van der Waals surface area contributed by atoms with Crippen LogP contribution in [0, 0.1) is 18.8 Å². The highest BCUT2D eigenvalue weighted by molar-refractivity contribution is 7.19. The summed E-state index contributed by atoms with van der Waals surface area (Å²) < 4.78 is 5.01. The predicted molar refractivity (Wildman–Crippen MR) is 153 cm³/mol. The number of aromatic nitrogens is 1. The largest absolute Gasteiger partial charge is 0.462 e. The molecule has 0 radical (unpaired) electrons. The van der Waals surface area contributed by atoms with Crippen molar-refractivity contribution in [2.75, 3.05) is 11.6 Å². The standard InChI is InChI=1S/C31H25N5O4S/c1-3-40-30(39)17-12-14-18(15-13-17)33-34-28-16(2)32-31(41-28)36-29(38)26-24-21-10-6-4-8-19(21)23(25(26)27(37)35-36)20-9-5-7-11-22(20)24/h4-15,23-26H,3H2,1-2H3,(H,35,37). The fraction of sp³-hybridized carbons (Fsp3) is 0.226. The van der Waals surface area contributed by atoms with Gasteiger partial charge in [0.1, 0.15) is 0 Å². The van der Waals surface area contributed by atoms with Crippen LogP contribution in [-0.2, 0) is 14.3 Å². The number of nitrogens with zero attached hydrogens (tertiary/aromatic N) is 4. The minimum atomic E-state index is -0.536. The zero-order valence-corrected chi connectivity index (χ0v) is 23.1. The molecule has 2 heterocycles. The molecular weight excluding hydrogens is 538 g/mol. The number of rotatable bonds is 5. The summed E-state index contributed by atoms with van der Waals surface area (Å²) in [6.07, 6.45) is 0. The Labute approximate surface area is 239 Å². The van der Waals surface area contributed by atoms with Gasteiger partial charge in [-0.15, -0.1) is 10.2 Å². The number of carbonyl (C=O) groups excluding carboxylic acids is 3. The van der Waals surface area contributed by atoms with E-state index in [4.69, 9.17) is 4.74 Å². The van der Waals surface area contributed by atoms with E-state index in [1.54, 1.807) is 38.1 Å². The first kappa shape index (κ1) is 25.3. The van der Waals surface area contributed by atoms with Gasteiger partial charge < -0.3 is 4.74 Å². The minimum Gasteiger partial charge on any atom is -0.462 e. The number of hydrogen-bond acceptors (Lipinski definition) is 8. The van der Waals surface area contributed by atoms with Crippen molar-refractivity contribution in [2.24, 2.45) is 22.1 Å². The lowest BCUT2D eigenvalue weighted by molar-refractivity contribution is -0.142. The number of amides is 2. The molecule has 2 atom stereocenters. The molecule has 41 heavy (non-hydrogen) atoms. The van der Waals surface area contributed by atoms with E-state index in [1.807, 2.05) is 24.3 Å². The summed E-state index contributed by atoms with van der Waals surface area (Å²) in [6, 6.07) is 22.9. The molecule has 0 saturated carbocycles. The summed E-state index contributed by atoms with van der Waals surface area (Å²) in [5.74, 6) is -2.19. The van der Waals surface area contributed by atoms with Crippen LogP contribution in [0.15, 0.2) is 83.0 Å². The molecule has 1 aliphatic heterocycles. The molecule has 4 aliphatic rings. The molecule has 10 heteroatoms. The number of azo groups is 1. The Morgan fingerprint density at radius 2 is 1.49 bits per heavy atom. The number of ether oxygens (including phenoxy) is 1. The van der Waals surface area contributed by atoms with Gasteiger partial charge in [0, 0.05) is 11.8 Å². The normalized spacial score (nSPS) is 22.2. The van der Waals surface area contributed by atoms with Crippen molar-refractivity contribution in [3.05, 3.63) is 106 Å². The number of esters is 1. The number of anilines is 1. The van der Waals surface area contributed by atoms with E-state index in [1.165, 1.54) is 16.3 Å². The summed E-state index contributed by atoms with van der Waals surface area (Å²) in [5, 5.41) is 10.8. The molecule has 1 N–H and O–H groups in total. The molecule has 3 aliphatic carbocycles. The number of nitrogens with one attached hydrogen (secondary N) is 1. The van der Waals surface area contributed by atoms with Crippen molar-refractivity contribution in [3.8, 4) is 0 Å². The van der Waals surface area contributed by atoms with E-state index in [-0.39, 0.29) is 23.7 Å². The smallest absolute Gasteiger partial charge is 0.338 e. The van der Waals surface area contributed by atoms with Gasteiger partial charge in [-0.25, -0.2) is 9.78 Å². The first-order valence-electron chi connectivity index (χ1n) is 13.4. The Bertz CT molecular complexity index is 1700. The third-order valence-electron chi connectivity index (χ3n) is 8.05. The second-order valence-electron chi connectivity index (χ2n) is 10.3. The molecule has 4 aromatic rings. The van der Waals surface area contributed by atoms with Crippen LogP contribution < -0.4 is 10.4 Å². The maximum atomic E-state index is 14.1.